The van der Waals surface area contributed by atoms with Gasteiger partial charge in [0.1, 0.15) is 6.04 Å². The average molecular weight is 190 g/mol. The summed E-state index contributed by atoms with van der Waals surface area (Å²) in [6, 6.07) is -0.944. The summed E-state index contributed by atoms with van der Waals surface area (Å²) in [6.45, 7) is 0.127. The smallest absolute Gasteiger partial charge is 0.322 e. The van der Waals surface area contributed by atoms with Gasteiger partial charge in [0.25, 0.3) is 0 Å². The molecule has 1 heterocycles. The predicted molar refractivity (Wildman–Crippen MR) is 42.8 cm³/mol. The number of halogens is 1. The van der Waals surface area contributed by atoms with Crippen molar-refractivity contribution in [3.63, 3.8) is 0 Å². The van der Waals surface area contributed by atoms with E-state index in [0.29, 0.717) is 5.02 Å². The molecule has 1 unspecified atom stereocenters. The van der Waals surface area contributed by atoms with Crippen molar-refractivity contribution in [2.75, 3.05) is 0 Å². The number of aliphatic carboxylic acids is 1. The molecule has 1 atom stereocenters. The summed E-state index contributed by atoms with van der Waals surface area (Å²) in [5.74, 6) is -1.05. The maximum absolute atomic E-state index is 10.3. The van der Waals surface area contributed by atoms with Crippen LogP contribution in [0.4, 0.5) is 0 Å². The fourth-order valence-electron chi connectivity index (χ4n) is 0.718. The van der Waals surface area contributed by atoms with Crippen LogP contribution in [0.5, 0.6) is 0 Å². The van der Waals surface area contributed by atoms with Gasteiger partial charge in [0.2, 0.25) is 0 Å². The molecule has 1 aromatic rings. The second-order valence-corrected chi connectivity index (χ2v) is 2.76. The first-order chi connectivity index (χ1) is 5.59. The molecule has 66 valence electrons. The lowest BCUT2D eigenvalue weighted by Crippen LogP contribution is -2.34. The summed E-state index contributed by atoms with van der Waals surface area (Å²) < 4.78 is 1.39. The lowest BCUT2D eigenvalue weighted by Gasteiger charge is -2.04. The van der Waals surface area contributed by atoms with E-state index in [2.05, 4.69) is 5.10 Å². The fourth-order valence-corrected chi connectivity index (χ4v) is 0.874. The predicted octanol–water partition coefficient (Wildman–Crippen LogP) is -0.0516. The van der Waals surface area contributed by atoms with Gasteiger partial charge < -0.3 is 10.8 Å². The molecule has 0 spiro atoms. The summed E-state index contributed by atoms with van der Waals surface area (Å²) >= 11 is 5.55. The van der Waals surface area contributed by atoms with Crippen molar-refractivity contribution in [2.24, 2.45) is 5.73 Å². The Balaban J connectivity index is 2.58. The molecule has 6 heteroatoms. The number of hydrogen-bond acceptors (Lipinski definition) is 3. The second-order valence-electron chi connectivity index (χ2n) is 2.33. The molecule has 5 nitrogen and oxygen atoms in total. The van der Waals surface area contributed by atoms with Crippen LogP contribution < -0.4 is 5.73 Å². The van der Waals surface area contributed by atoms with Crippen molar-refractivity contribution in [3.8, 4) is 0 Å². The van der Waals surface area contributed by atoms with Crippen LogP contribution in [0.15, 0.2) is 12.4 Å². The van der Waals surface area contributed by atoms with Crippen LogP contribution in [0.2, 0.25) is 5.02 Å². The third-order valence-electron chi connectivity index (χ3n) is 1.30. The number of nitrogens with two attached hydrogens (primary N) is 1. The number of hydrogen-bond donors (Lipinski definition) is 2. The van der Waals surface area contributed by atoms with Gasteiger partial charge in [-0.05, 0) is 0 Å². The number of carboxylic acids is 1. The van der Waals surface area contributed by atoms with Crippen molar-refractivity contribution < 1.29 is 9.90 Å². The zero-order valence-electron chi connectivity index (χ0n) is 6.14. The lowest BCUT2D eigenvalue weighted by atomic mass is 10.3. The Morgan fingerprint density at radius 1 is 1.92 bits per heavy atom. The van der Waals surface area contributed by atoms with Crippen LogP contribution in [0.1, 0.15) is 0 Å². The topological polar surface area (TPSA) is 81.1 Å². The quantitative estimate of drug-likeness (QED) is 0.699. The Labute approximate surface area is 73.7 Å². The van der Waals surface area contributed by atoms with E-state index >= 15 is 0 Å². The number of nitrogens with zero attached hydrogens (tertiary/aromatic N) is 2. The highest BCUT2D eigenvalue weighted by Crippen LogP contribution is 2.04. The minimum Gasteiger partial charge on any atom is -0.480 e. The van der Waals surface area contributed by atoms with E-state index in [1.54, 1.807) is 0 Å². The molecule has 0 aromatic carbocycles. The first-order valence-corrected chi connectivity index (χ1v) is 3.63. The number of carbonyl (C=O) groups is 1. The molecule has 0 radical (unpaired) electrons. The molecule has 0 aliphatic carbocycles. The van der Waals surface area contributed by atoms with Crippen LogP contribution in [0.25, 0.3) is 0 Å². The number of carboxylic acid groups (broad SMARTS) is 1. The lowest BCUT2D eigenvalue weighted by molar-refractivity contribution is -0.138. The van der Waals surface area contributed by atoms with Gasteiger partial charge in [-0.1, -0.05) is 11.6 Å². The van der Waals surface area contributed by atoms with Gasteiger partial charge in [0.15, 0.2) is 0 Å². The Morgan fingerprint density at radius 3 is 3.00 bits per heavy atom. The third-order valence-corrected chi connectivity index (χ3v) is 1.50. The second kappa shape index (κ2) is 3.55. The van der Waals surface area contributed by atoms with Crippen LogP contribution in [0, 0.1) is 0 Å². The summed E-state index contributed by atoms with van der Waals surface area (Å²) in [5.41, 5.74) is 5.25. The zero-order chi connectivity index (χ0) is 9.14. The van der Waals surface area contributed by atoms with Crippen LogP contribution in [-0.4, -0.2) is 26.9 Å². The molecule has 0 aliphatic heterocycles. The average Bonchev–Trinajstić information content (AvgIpc) is 2.35. The molecule has 0 amide bonds. The van der Waals surface area contributed by atoms with E-state index < -0.39 is 12.0 Å². The Bertz CT molecular complexity index is 286. The fraction of sp³-hybridized carbons (Fsp3) is 0.333. The van der Waals surface area contributed by atoms with E-state index in [0.717, 1.165) is 0 Å². The van der Waals surface area contributed by atoms with Crippen LogP contribution in [0.3, 0.4) is 0 Å². The van der Waals surface area contributed by atoms with Crippen LogP contribution >= 0.6 is 11.6 Å². The molecule has 0 aliphatic rings. The van der Waals surface area contributed by atoms with E-state index in [-0.39, 0.29) is 6.54 Å². The van der Waals surface area contributed by atoms with Gasteiger partial charge in [-0.2, -0.15) is 5.10 Å². The molecule has 0 saturated carbocycles. The highest BCUT2D eigenvalue weighted by molar-refractivity contribution is 6.30. The van der Waals surface area contributed by atoms with Gasteiger partial charge in [-0.15, -0.1) is 0 Å². The van der Waals surface area contributed by atoms with Gasteiger partial charge in [-0.25, -0.2) is 0 Å². The van der Waals surface area contributed by atoms with Crippen molar-refractivity contribution in [2.45, 2.75) is 12.6 Å². The molecule has 3 N–H and O–H groups in total. The summed E-state index contributed by atoms with van der Waals surface area (Å²) in [7, 11) is 0. The molecular weight excluding hydrogens is 182 g/mol. The normalized spacial score (nSPS) is 12.8. The first kappa shape index (κ1) is 9.02. The molecule has 0 fully saturated rings. The van der Waals surface area contributed by atoms with E-state index in [4.69, 9.17) is 22.4 Å². The van der Waals surface area contributed by atoms with Gasteiger partial charge >= 0.3 is 5.97 Å². The molecule has 0 bridgehead atoms. The summed E-state index contributed by atoms with van der Waals surface area (Å²) in [4.78, 5) is 10.3. The molecule has 12 heavy (non-hydrogen) atoms. The highest BCUT2D eigenvalue weighted by Gasteiger charge is 2.11. The Kier molecular flexibility index (Phi) is 2.67. The number of aromatic nitrogens is 2. The standard InChI is InChI=1S/C6H8ClN3O2/c7-4-1-9-10(2-4)3-5(8)6(11)12/h1-2,5H,3,8H2,(H,11,12). The number of rotatable bonds is 3. The SMILES string of the molecule is NC(Cn1cc(Cl)cn1)C(=O)O. The third kappa shape index (κ3) is 2.21. The molecule has 1 rings (SSSR count). The summed E-state index contributed by atoms with van der Waals surface area (Å²) in [5, 5.41) is 12.7. The maximum atomic E-state index is 10.3. The van der Waals surface area contributed by atoms with Crippen molar-refractivity contribution in [1.29, 1.82) is 0 Å². The zero-order valence-corrected chi connectivity index (χ0v) is 6.90. The first-order valence-electron chi connectivity index (χ1n) is 3.26. The monoisotopic (exact) mass is 189 g/mol. The van der Waals surface area contributed by atoms with Gasteiger partial charge in [0, 0.05) is 6.20 Å². The molecular formula is C6H8ClN3O2. The highest BCUT2D eigenvalue weighted by atomic mass is 35.5. The Morgan fingerprint density at radius 2 is 2.58 bits per heavy atom. The molecule has 0 saturated heterocycles. The maximum Gasteiger partial charge on any atom is 0.322 e. The Hall–Kier alpha value is -1.07. The van der Waals surface area contributed by atoms with Gasteiger partial charge in [-0.3, -0.25) is 9.48 Å². The minimum atomic E-state index is -1.05. The summed E-state index contributed by atoms with van der Waals surface area (Å²) in [6.07, 6.45) is 2.94. The van der Waals surface area contributed by atoms with Crippen molar-refractivity contribution >= 4 is 17.6 Å². The molecule has 1 aromatic heterocycles. The van der Waals surface area contributed by atoms with Crippen molar-refractivity contribution in [1.82, 2.24) is 9.78 Å². The van der Waals surface area contributed by atoms with Crippen LogP contribution in [-0.2, 0) is 11.3 Å². The van der Waals surface area contributed by atoms with Gasteiger partial charge in [0.05, 0.1) is 17.8 Å². The van der Waals surface area contributed by atoms with E-state index in [1.807, 2.05) is 0 Å². The van der Waals surface area contributed by atoms with E-state index in [1.165, 1.54) is 17.1 Å². The minimum absolute atomic E-state index is 0.127. The van der Waals surface area contributed by atoms with E-state index in [9.17, 15) is 4.79 Å². The largest absolute Gasteiger partial charge is 0.480 e. The van der Waals surface area contributed by atoms with Crippen molar-refractivity contribution in [3.05, 3.63) is 17.4 Å².